The predicted octanol–water partition coefficient (Wildman–Crippen LogP) is 10.2. The number of sulfone groups is 1. The number of nitrogens with one attached hydrogen (secondary N) is 2. The third-order valence-corrected chi connectivity index (χ3v) is 14.3. The minimum Gasteiger partial charge on any atom is -0.449 e. The molecule has 2 N–H and O–H groups in total. The first kappa shape index (κ1) is 53.3. The number of ether oxygens (including phenoxy) is 1. The number of likely N-dealkylation sites (tertiary alicyclic amines) is 1. The highest BCUT2D eigenvalue weighted by Crippen LogP contribution is 2.38. The van der Waals surface area contributed by atoms with Gasteiger partial charge in [-0.2, -0.15) is 0 Å². The summed E-state index contributed by atoms with van der Waals surface area (Å²) in [5.41, 5.74) is -3.59. The van der Waals surface area contributed by atoms with Crippen molar-refractivity contribution in [2.45, 2.75) is 234 Å². The minimum absolute atomic E-state index is 0.0687. The SMILES string of the molecule is CC(C)(C)NC(CCCCCCCCOC(=O)N1CC[C@@](NC(C)(C)C)(C(=O)C(C)(C)C)C1)(CCCCCCS(=O)(=O)C1CCC[C@@H]1C(=O)C(C)(C)C)C(=O)C(C)(C)C. The van der Waals surface area contributed by atoms with Crippen LogP contribution < -0.4 is 10.6 Å². The molecular formula is C48H89N3O7S. The fourth-order valence-electron chi connectivity index (χ4n) is 9.65. The van der Waals surface area contributed by atoms with Gasteiger partial charge in [-0.3, -0.25) is 19.7 Å². The third kappa shape index (κ3) is 16.7. The zero-order valence-corrected chi connectivity index (χ0v) is 41.3. The largest absolute Gasteiger partial charge is 0.449 e. The van der Waals surface area contributed by atoms with Crippen molar-refractivity contribution < 1.29 is 32.3 Å². The van der Waals surface area contributed by atoms with E-state index in [1.54, 1.807) is 4.90 Å². The van der Waals surface area contributed by atoms with Gasteiger partial charge in [0, 0.05) is 46.3 Å². The molecule has 1 aliphatic heterocycles. The Morgan fingerprint density at radius 3 is 1.68 bits per heavy atom. The maximum atomic E-state index is 14.2. The zero-order chi connectivity index (χ0) is 45.3. The number of Topliss-reactive ketones (excluding diaryl/α,β-unsaturated/α-hetero) is 3. The Morgan fingerprint density at radius 1 is 0.661 bits per heavy atom. The number of hydrogen-bond donors (Lipinski definition) is 2. The zero-order valence-electron chi connectivity index (χ0n) is 40.5. The van der Waals surface area contributed by atoms with Crippen LogP contribution in [-0.2, 0) is 29.0 Å². The Morgan fingerprint density at radius 2 is 1.19 bits per heavy atom. The number of nitrogens with zero attached hydrogens (tertiary/aromatic N) is 1. The van der Waals surface area contributed by atoms with Crippen LogP contribution in [0.2, 0.25) is 0 Å². The quantitative estimate of drug-likeness (QED) is 0.102. The van der Waals surface area contributed by atoms with Crippen LogP contribution in [0.25, 0.3) is 0 Å². The fraction of sp³-hybridized carbons (Fsp3) is 0.917. The lowest BCUT2D eigenvalue weighted by molar-refractivity contribution is -0.135. The van der Waals surface area contributed by atoms with E-state index in [0.717, 1.165) is 70.6 Å². The van der Waals surface area contributed by atoms with Crippen molar-refractivity contribution in [3.8, 4) is 0 Å². The van der Waals surface area contributed by atoms with Crippen molar-refractivity contribution in [3.05, 3.63) is 0 Å². The van der Waals surface area contributed by atoms with Gasteiger partial charge in [0.1, 0.15) is 5.78 Å². The third-order valence-electron chi connectivity index (χ3n) is 12.0. The molecule has 2 unspecified atom stereocenters. The van der Waals surface area contributed by atoms with Gasteiger partial charge in [-0.15, -0.1) is 0 Å². The summed E-state index contributed by atoms with van der Waals surface area (Å²) >= 11 is 0. The smallest absolute Gasteiger partial charge is 0.409 e. The van der Waals surface area contributed by atoms with Gasteiger partial charge in [-0.25, -0.2) is 13.2 Å². The molecule has 10 nitrogen and oxygen atoms in total. The minimum atomic E-state index is -3.36. The molecule has 0 aromatic heterocycles. The van der Waals surface area contributed by atoms with E-state index in [4.69, 9.17) is 4.74 Å². The van der Waals surface area contributed by atoms with Gasteiger partial charge in [0.2, 0.25) is 0 Å². The Bertz CT molecular complexity index is 1510. The molecule has 4 atom stereocenters. The van der Waals surface area contributed by atoms with Gasteiger partial charge in [0.05, 0.1) is 28.7 Å². The number of ketones is 3. The number of unbranched alkanes of at least 4 members (excludes halogenated alkanes) is 8. The van der Waals surface area contributed by atoms with Crippen molar-refractivity contribution >= 4 is 33.3 Å². The molecule has 2 fully saturated rings. The summed E-state index contributed by atoms with van der Waals surface area (Å²) in [7, 11) is -3.36. The van der Waals surface area contributed by atoms with Gasteiger partial charge in [0.25, 0.3) is 0 Å². The second-order valence-electron chi connectivity index (χ2n) is 23.5. The lowest BCUT2D eigenvalue weighted by Gasteiger charge is -2.43. The molecule has 0 aromatic carbocycles. The molecule has 344 valence electrons. The molecule has 1 saturated heterocycles. The summed E-state index contributed by atoms with van der Waals surface area (Å²) in [5.74, 6) is 0.152. The molecule has 1 amide bonds. The molecule has 0 bridgehead atoms. The van der Waals surface area contributed by atoms with E-state index < -0.39 is 42.4 Å². The van der Waals surface area contributed by atoms with Crippen molar-refractivity contribution in [1.29, 1.82) is 0 Å². The Kier molecular flexibility index (Phi) is 19.0. The van der Waals surface area contributed by atoms with E-state index in [0.29, 0.717) is 51.8 Å². The summed E-state index contributed by atoms with van der Waals surface area (Å²) in [6.45, 7) is 31.1. The highest BCUT2D eigenvalue weighted by molar-refractivity contribution is 7.92. The van der Waals surface area contributed by atoms with E-state index in [2.05, 4.69) is 31.4 Å². The number of rotatable bonds is 22. The van der Waals surface area contributed by atoms with Crippen LogP contribution in [-0.4, -0.2) is 89.6 Å². The van der Waals surface area contributed by atoms with Gasteiger partial charge >= 0.3 is 6.09 Å². The maximum absolute atomic E-state index is 14.2. The summed E-state index contributed by atoms with van der Waals surface area (Å²) < 4.78 is 32.5. The number of carbonyl (C=O) groups is 4. The van der Waals surface area contributed by atoms with Crippen LogP contribution in [0.15, 0.2) is 0 Å². The number of carbonyl (C=O) groups excluding carboxylic acids is 4. The van der Waals surface area contributed by atoms with Crippen LogP contribution in [0.5, 0.6) is 0 Å². The number of hydrogen-bond acceptors (Lipinski definition) is 9. The average Bonchev–Trinajstić information content (AvgIpc) is 3.74. The summed E-state index contributed by atoms with van der Waals surface area (Å²) in [5, 5.41) is 6.78. The van der Waals surface area contributed by atoms with Crippen LogP contribution in [0.4, 0.5) is 4.79 Å². The van der Waals surface area contributed by atoms with Crippen molar-refractivity contribution in [2.24, 2.45) is 22.2 Å². The molecule has 0 radical (unpaired) electrons. The fourth-order valence-corrected chi connectivity index (χ4v) is 11.8. The first-order valence-electron chi connectivity index (χ1n) is 23.1. The first-order valence-corrected chi connectivity index (χ1v) is 24.8. The molecule has 1 heterocycles. The van der Waals surface area contributed by atoms with E-state index in [1.807, 2.05) is 83.1 Å². The molecule has 2 aliphatic rings. The second kappa shape index (κ2) is 21.0. The van der Waals surface area contributed by atoms with E-state index in [-0.39, 0.29) is 46.2 Å². The summed E-state index contributed by atoms with van der Waals surface area (Å²) in [4.78, 5) is 55.5. The summed E-state index contributed by atoms with van der Waals surface area (Å²) in [6, 6.07) is 0. The summed E-state index contributed by atoms with van der Waals surface area (Å²) in [6.07, 6.45) is 12.4. The van der Waals surface area contributed by atoms with Crippen molar-refractivity contribution in [2.75, 3.05) is 25.4 Å². The van der Waals surface area contributed by atoms with Gasteiger partial charge < -0.3 is 15.0 Å². The average molecular weight is 852 g/mol. The van der Waals surface area contributed by atoms with Crippen molar-refractivity contribution in [1.82, 2.24) is 15.5 Å². The topological polar surface area (TPSA) is 139 Å². The van der Waals surface area contributed by atoms with Gasteiger partial charge in [-0.05, 0) is 86.5 Å². The lowest BCUT2D eigenvalue weighted by Crippen LogP contribution is -2.63. The highest BCUT2D eigenvalue weighted by atomic mass is 32.2. The first-order chi connectivity index (χ1) is 26.8. The molecule has 0 spiro atoms. The van der Waals surface area contributed by atoms with Crippen molar-refractivity contribution in [3.63, 3.8) is 0 Å². The van der Waals surface area contributed by atoms with Crippen LogP contribution >= 0.6 is 0 Å². The standard InChI is InChI=1S/C48H89N3O7S/c1-42(2,3)38(52)36-27-26-28-37(36)59(56,57)34-25-21-19-23-30-47(49-45(10,11)12,39(53)43(4,5)6)29-22-18-16-17-20-24-33-58-41(55)51-32-31-48(35-51,50-46(13,14)15)40(54)44(7,8)9/h36-37,49-50H,16-35H2,1-15H3/t36-,37?,47?,48-/m0/s1. The normalized spacial score (nSPS) is 22.1. The van der Waals surface area contributed by atoms with Crippen LogP contribution in [0, 0.1) is 22.2 Å². The van der Waals surface area contributed by atoms with Gasteiger partial charge in [0.15, 0.2) is 21.4 Å². The molecule has 1 saturated carbocycles. The lowest BCUT2D eigenvalue weighted by atomic mass is 9.72. The number of amides is 1. The molecule has 1 aliphatic carbocycles. The molecule has 0 aromatic rings. The highest BCUT2D eigenvalue weighted by Gasteiger charge is 2.51. The second-order valence-corrected chi connectivity index (χ2v) is 25.8. The molecule has 2 rings (SSSR count). The molecular weight excluding hydrogens is 763 g/mol. The maximum Gasteiger partial charge on any atom is 0.409 e. The Balaban J connectivity index is 1.88. The molecule has 59 heavy (non-hydrogen) atoms. The van der Waals surface area contributed by atoms with Gasteiger partial charge in [-0.1, -0.05) is 120 Å². The Hall–Kier alpha value is -1.85. The monoisotopic (exact) mass is 852 g/mol. The van der Waals surface area contributed by atoms with E-state index in [1.165, 1.54) is 0 Å². The van der Waals surface area contributed by atoms with E-state index in [9.17, 15) is 27.6 Å². The van der Waals surface area contributed by atoms with E-state index >= 15 is 0 Å². The predicted molar refractivity (Wildman–Crippen MR) is 242 cm³/mol. The van der Waals surface area contributed by atoms with Crippen LogP contribution in [0.3, 0.4) is 0 Å². The Labute approximate surface area is 361 Å². The molecule has 11 heteroatoms. The van der Waals surface area contributed by atoms with Crippen LogP contribution in [0.1, 0.15) is 207 Å².